The Kier molecular flexibility index (Phi) is 4.39. The van der Waals surface area contributed by atoms with Crippen LogP contribution in [0, 0.1) is 11.3 Å². The van der Waals surface area contributed by atoms with E-state index in [1.165, 1.54) is 0 Å². The van der Waals surface area contributed by atoms with Crippen LogP contribution < -0.4 is 10.1 Å². The molecule has 0 spiro atoms. The van der Waals surface area contributed by atoms with Crippen LogP contribution in [0.4, 0.5) is 0 Å². The normalized spacial score (nSPS) is 10.2. The molecule has 15 heavy (non-hydrogen) atoms. The number of likely N-dealkylation sites (N-methyl/N-ethyl adjacent to an activating group) is 1. The summed E-state index contributed by atoms with van der Waals surface area (Å²) in [5.41, 5.74) is 1.56. The molecule has 0 saturated heterocycles. The molecule has 0 atom stereocenters. The van der Waals surface area contributed by atoms with Gasteiger partial charge in [-0.25, -0.2) is 0 Å². The van der Waals surface area contributed by atoms with E-state index in [-0.39, 0.29) is 0 Å². The number of benzene rings is 1. The molecular formula is C12H14N2O. The molecule has 3 heteroatoms. The quantitative estimate of drug-likeness (QED) is 0.809. The minimum atomic E-state index is 0.639. The minimum Gasteiger partial charge on any atom is -0.496 e. The molecule has 0 radical (unpaired) electrons. The van der Waals surface area contributed by atoms with E-state index >= 15 is 0 Å². The Balaban J connectivity index is 2.97. The number of nitrogens with one attached hydrogen (secondary N) is 1. The largest absolute Gasteiger partial charge is 0.496 e. The smallest absolute Gasteiger partial charge is 0.126 e. The van der Waals surface area contributed by atoms with Crippen molar-refractivity contribution in [1.82, 2.24) is 5.32 Å². The first-order valence-corrected chi connectivity index (χ1v) is 4.71. The van der Waals surface area contributed by atoms with Crippen LogP contribution in [-0.4, -0.2) is 20.7 Å². The van der Waals surface area contributed by atoms with Crippen molar-refractivity contribution < 1.29 is 4.74 Å². The SMILES string of the molecule is CNCC=Cc1cc(C#N)ccc1OC. The van der Waals surface area contributed by atoms with Gasteiger partial charge in [0.2, 0.25) is 0 Å². The van der Waals surface area contributed by atoms with Gasteiger partial charge in [0.15, 0.2) is 0 Å². The molecule has 0 heterocycles. The first-order valence-electron chi connectivity index (χ1n) is 4.71. The number of nitrogens with zero attached hydrogens (tertiary/aromatic N) is 1. The van der Waals surface area contributed by atoms with Gasteiger partial charge in [0.1, 0.15) is 5.75 Å². The maximum atomic E-state index is 8.77. The van der Waals surface area contributed by atoms with Crippen molar-refractivity contribution >= 4 is 6.08 Å². The van der Waals surface area contributed by atoms with Crippen LogP contribution in [0.3, 0.4) is 0 Å². The highest BCUT2D eigenvalue weighted by Gasteiger charge is 2.00. The topological polar surface area (TPSA) is 45.0 Å². The van der Waals surface area contributed by atoms with Crippen LogP contribution >= 0.6 is 0 Å². The third-order valence-corrected chi connectivity index (χ3v) is 1.98. The van der Waals surface area contributed by atoms with E-state index < -0.39 is 0 Å². The number of nitriles is 1. The van der Waals surface area contributed by atoms with Crippen molar-refractivity contribution in [3.05, 3.63) is 35.4 Å². The lowest BCUT2D eigenvalue weighted by Crippen LogP contribution is -2.03. The summed E-state index contributed by atoms with van der Waals surface area (Å²) in [4.78, 5) is 0. The van der Waals surface area contributed by atoms with Crippen LogP contribution in [0.25, 0.3) is 6.08 Å². The first-order chi connectivity index (χ1) is 7.31. The molecule has 0 saturated carbocycles. The third-order valence-electron chi connectivity index (χ3n) is 1.98. The Morgan fingerprint density at radius 3 is 2.93 bits per heavy atom. The number of ether oxygens (including phenoxy) is 1. The van der Waals surface area contributed by atoms with Gasteiger partial charge in [0.05, 0.1) is 18.7 Å². The molecule has 0 aliphatic rings. The summed E-state index contributed by atoms with van der Waals surface area (Å²) in [6.45, 7) is 0.792. The van der Waals surface area contributed by atoms with E-state index in [2.05, 4.69) is 11.4 Å². The predicted octanol–water partition coefficient (Wildman–Crippen LogP) is 1.80. The Labute approximate surface area is 90.0 Å². The second-order valence-electron chi connectivity index (χ2n) is 3.03. The molecule has 0 aliphatic heterocycles. The van der Waals surface area contributed by atoms with Crippen molar-refractivity contribution in [2.75, 3.05) is 20.7 Å². The Bertz CT molecular complexity index is 391. The van der Waals surface area contributed by atoms with Gasteiger partial charge in [-0.05, 0) is 25.2 Å². The lowest BCUT2D eigenvalue weighted by atomic mass is 10.1. The highest BCUT2D eigenvalue weighted by atomic mass is 16.5. The molecule has 0 bridgehead atoms. The Morgan fingerprint density at radius 1 is 1.53 bits per heavy atom. The average molecular weight is 202 g/mol. The second kappa shape index (κ2) is 5.84. The zero-order chi connectivity index (χ0) is 11.1. The van der Waals surface area contributed by atoms with Gasteiger partial charge in [-0.1, -0.05) is 12.2 Å². The summed E-state index contributed by atoms with van der Waals surface area (Å²) in [7, 11) is 3.50. The molecule has 3 nitrogen and oxygen atoms in total. The molecule has 1 aromatic rings. The van der Waals surface area contributed by atoms with E-state index in [1.807, 2.05) is 25.3 Å². The Hall–Kier alpha value is -1.79. The zero-order valence-corrected chi connectivity index (χ0v) is 8.95. The lowest BCUT2D eigenvalue weighted by Gasteiger charge is -2.04. The van der Waals surface area contributed by atoms with E-state index in [0.29, 0.717) is 5.56 Å². The minimum absolute atomic E-state index is 0.639. The van der Waals surface area contributed by atoms with E-state index in [4.69, 9.17) is 10.00 Å². The molecule has 0 aliphatic carbocycles. The van der Waals surface area contributed by atoms with Crippen LogP contribution in [0.15, 0.2) is 24.3 Å². The molecule has 0 fully saturated rings. The summed E-state index contributed by atoms with van der Waals surface area (Å²) >= 11 is 0. The number of methoxy groups -OCH3 is 1. The standard InChI is InChI=1S/C12H14N2O/c1-14-7-3-4-11-8-10(9-13)5-6-12(11)15-2/h3-6,8,14H,7H2,1-2H3. The van der Waals surface area contributed by atoms with Gasteiger partial charge >= 0.3 is 0 Å². The lowest BCUT2D eigenvalue weighted by molar-refractivity contribution is 0.414. The van der Waals surface area contributed by atoms with Crippen molar-refractivity contribution in [3.63, 3.8) is 0 Å². The first kappa shape index (κ1) is 11.3. The van der Waals surface area contributed by atoms with Gasteiger partial charge in [0, 0.05) is 12.1 Å². The van der Waals surface area contributed by atoms with Gasteiger partial charge < -0.3 is 10.1 Å². The van der Waals surface area contributed by atoms with E-state index in [0.717, 1.165) is 17.9 Å². The summed E-state index contributed by atoms with van der Waals surface area (Å²) in [6.07, 6.45) is 3.93. The fourth-order valence-electron chi connectivity index (χ4n) is 1.24. The predicted molar refractivity (Wildman–Crippen MR) is 60.7 cm³/mol. The molecule has 1 aromatic carbocycles. The molecule has 0 unspecified atom stereocenters. The molecule has 1 rings (SSSR count). The number of hydrogen-bond acceptors (Lipinski definition) is 3. The van der Waals surface area contributed by atoms with Gasteiger partial charge in [-0.2, -0.15) is 5.26 Å². The molecular weight excluding hydrogens is 188 g/mol. The maximum absolute atomic E-state index is 8.77. The van der Waals surface area contributed by atoms with Gasteiger partial charge in [-0.3, -0.25) is 0 Å². The van der Waals surface area contributed by atoms with Crippen molar-refractivity contribution in [3.8, 4) is 11.8 Å². The molecule has 1 N–H and O–H groups in total. The van der Waals surface area contributed by atoms with E-state index in [1.54, 1.807) is 19.2 Å². The van der Waals surface area contributed by atoms with Crippen molar-refractivity contribution in [2.45, 2.75) is 0 Å². The monoisotopic (exact) mass is 202 g/mol. The van der Waals surface area contributed by atoms with Crippen LogP contribution in [-0.2, 0) is 0 Å². The Morgan fingerprint density at radius 2 is 2.33 bits per heavy atom. The maximum Gasteiger partial charge on any atom is 0.126 e. The van der Waals surface area contributed by atoms with Crippen molar-refractivity contribution in [2.24, 2.45) is 0 Å². The summed E-state index contributed by atoms with van der Waals surface area (Å²) < 4.78 is 5.19. The zero-order valence-electron chi connectivity index (χ0n) is 8.95. The fourth-order valence-corrected chi connectivity index (χ4v) is 1.24. The van der Waals surface area contributed by atoms with Crippen LogP contribution in [0.1, 0.15) is 11.1 Å². The molecule has 78 valence electrons. The summed E-state index contributed by atoms with van der Waals surface area (Å²) in [6, 6.07) is 7.46. The number of hydrogen-bond donors (Lipinski definition) is 1. The third kappa shape index (κ3) is 3.12. The highest BCUT2D eigenvalue weighted by molar-refractivity contribution is 5.59. The van der Waals surface area contributed by atoms with Gasteiger partial charge in [-0.15, -0.1) is 0 Å². The summed E-state index contributed by atoms with van der Waals surface area (Å²) in [5, 5.41) is 11.8. The van der Waals surface area contributed by atoms with Crippen LogP contribution in [0.5, 0.6) is 5.75 Å². The average Bonchev–Trinajstić information content (AvgIpc) is 2.29. The highest BCUT2D eigenvalue weighted by Crippen LogP contribution is 2.20. The molecule has 0 aromatic heterocycles. The summed E-state index contributed by atoms with van der Waals surface area (Å²) in [5.74, 6) is 0.779. The van der Waals surface area contributed by atoms with Gasteiger partial charge in [0.25, 0.3) is 0 Å². The fraction of sp³-hybridized carbons (Fsp3) is 0.250. The second-order valence-corrected chi connectivity index (χ2v) is 3.03. The molecule has 0 amide bonds. The number of rotatable bonds is 4. The van der Waals surface area contributed by atoms with Crippen molar-refractivity contribution in [1.29, 1.82) is 5.26 Å². The van der Waals surface area contributed by atoms with Crippen LogP contribution in [0.2, 0.25) is 0 Å². The van der Waals surface area contributed by atoms with E-state index in [9.17, 15) is 0 Å².